The molecule has 1 aromatic carbocycles. The van der Waals surface area contributed by atoms with E-state index in [1.165, 1.54) is 5.56 Å². The molecule has 5 nitrogen and oxygen atoms in total. The van der Waals surface area contributed by atoms with E-state index < -0.39 is 0 Å². The first-order valence-electron chi connectivity index (χ1n) is 7.67. The lowest BCUT2D eigenvalue weighted by Crippen LogP contribution is -2.31. The van der Waals surface area contributed by atoms with Crippen molar-refractivity contribution in [3.63, 3.8) is 0 Å². The zero-order valence-corrected chi connectivity index (χ0v) is 14.7. The van der Waals surface area contributed by atoms with Gasteiger partial charge in [0.15, 0.2) is 5.82 Å². The summed E-state index contributed by atoms with van der Waals surface area (Å²) in [7, 11) is 1.84. The number of hydrogen-bond donors (Lipinski definition) is 1. The van der Waals surface area contributed by atoms with Gasteiger partial charge >= 0.3 is 0 Å². The number of nitrogens with one attached hydrogen (secondary N) is 1. The minimum Gasteiger partial charge on any atom is -0.349 e. The van der Waals surface area contributed by atoms with Crippen molar-refractivity contribution in [3.8, 4) is 0 Å². The summed E-state index contributed by atoms with van der Waals surface area (Å²) in [5.74, 6) is 0.628. The topological polar surface area (TPSA) is 58.1 Å². The fraction of sp³-hybridized carbons (Fsp3) is 0.389. The molecule has 0 saturated heterocycles. The van der Waals surface area contributed by atoms with Gasteiger partial charge in [-0.25, -0.2) is 0 Å². The molecule has 0 bridgehead atoms. The Morgan fingerprint density at radius 3 is 2.17 bits per heavy atom. The monoisotopic (exact) mass is 312 g/mol. The third-order valence-corrected chi connectivity index (χ3v) is 3.93. The molecule has 0 unspecified atom stereocenters. The Labute approximate surface area is 137 Å². The molecule has 122 valence electrons. The van der Waals surface area contributed by atoms with Crippen molar-refractivity contribution in [2.45, 2.75) is 34.6 Å². The summed E-state index contributed by atoms with van der Waals surface area (Å²) < 4.78 is 0. The molecule has 1 N–H and O–H groups in total. The Bertz CT molecular complexity index is 717. The molecule has 0 radical (unpaired) electrons. The number of hydrogen-bond acceptors (Lipinski definition) is 4. The van der Waals surface area contributed by atoms with Crippen LogP contribution in [0.15, 0.2) is 18.2 Å². The molecule has 2 aromatic rings. The van der Waals surface area contributed by atoms with E-state index in [-0.39, 0.29) is 12.5 Å². The van der Waals surface area contributed by atoms with Gasteiger partial charge in [0, 0.05) is 12.7 Å². The highest BCUT2D eigenvalue weighted by Gasteiger charge is 2.12. The van der Waals surface area contributed by atoms with Crippen LogP contribution in [0.25, 0.3) is 0 Å². The van der Waals surface area contributed by atoms with Gasteiger partial charge in [0.1, 0.15) is 0 Å². The van der Waals surface area contributed by atoms with Crippen LogP contribution in [0.2, 0.25) is 0 Å². The van der Waals surface area contributed by atoms with Gasteiger partial charge in [0.25, 0.3) is 0 Å². The summed E-state index contributed by atoms with van der Waals surface area (Å²) in [4.78, 5) is 14.1. The number of rotatable bonds is 4. The van der Waals surface area contributed by atoms with E-state index in [9.17, 15) is 4.79 Å². The van der Waals surface area contributed by atoms with Crippen molar-refractivity contribution in [1.82, 2.24) is 10.2 Å². The van der Waals surface area contributed by atoms with Crippen molar-refractivity contribution < 1.29 is 4.79 Å². The van der Waals surface area contributed by atoms with Crippen LogP contribution in [0.5, 0.6) is 0 Å². The van der Waals surface area contributed by atoms with Crippen LogP contribution in [-0.2, 0) is 4.79 Å². The Kier molecular flexibility index (Phi) is 4.98. The molecule has 0 aliphatic carbocycles. The maximum atomic E-state index is 12.3. The van der Waals surface area contributed by atoms with Gasteiger partial charge < -0.3 is 10.2 Å². The summed E-state index contributed by atoms with van der Waals surface area (Å²) in [5, 5.41) is 11.3. The molecule has 2 rings (SSSR count). The predicted octanol–water partition coefficient (Wildman–Crippen LogP) is 3.09. The third-order valence-electron chi connectivity index (χ3n) is 3.93. The van der Waals surface area contributed by atoms with E-state index in [0.717, 1.165) is 28.1 Å². The van der Waals surface area contributed by atoms with Crippen molar-refractivity contribution >= 4 is 17.4 Å². The highest BCUT2D eigenvalue weighted by Crippen LogP contribution is 2.22. The van der Waals surface area contributed by atoms with Crippen molar-refractivity contribution in [3.05, 3.63) is 46.1 Å². The van der Waals surface area contributed by atoms with Crippen LogP contribution in [0, 0.1) is 34.6 Å². The van der Waals surface area contributed by atoms with E-state index >= 15 is 0 Å². The maximum Gasteiger partial charge on any atom is 0.243 e. The third kappa shape index (κ3) is 4.06. The average Bonchev–Trinajstić information content (AvgIpc) is 2.45. The summed E-state index contributed by atoms with van der Waals surface area (Å²) >= 11 is 0. The second kappa shape index (κ2) is 6.77. The summed E-state index contributed by atoms with van der Waals surface area (Å²) in [6, 6.07) is 6.08. The molecule has 0 aliphatic heterocycles. The van der Waals surface area contributed by atoms with Crippen LogP contribution >= 0.6 is 0 Å². The van der Waals surface area contributed by atoms with Gasteiger partial charge in [-0.1, -0.05) is 17.7 Å². The molecular formula is C18H24N4O. The molecule has 0 fully saturated rings. The molecule has 1 aromatic heterocycles. The highest BCUT2D eigenvalue weighted by molar-refractivity contribution is 5.95. The number of carbonyl (C=O) groups is 1. The van der Waals surface area contributed by atoms with Crippen LogP contribution < -0.4 is 10.2 Å². The number of amides is 1. The number of aryl methyl sites for hydroxylation is 5. The lowest BCUT2D eigenvalue weighted by Gasteiger charge is -2.19. The fourth-order valence-electron chi connectivity index (χ4n) is 2.57. The normalized spacial score (nSPS) is 10.5. The molecule has 5 heteroatoms. The maximum absolute atomic E-state index is 12.3. The SMILES string of the molecule is Cc1cc(C)c(NC(=O)CN(C)c2cc(C)c(C)nn2)c(C)c1. The number of benzene rings is 1. The van der Waals surface area contributed by atoms with E-state index in [2.05, 4.69) is 34.6 Å². The van der Waals surface area contributed by atoms with E-state index in [0.29, 0.717) is 5.82 Å². The van der Waals surface area contributed by atoms with Crippen LogP contribution in [-0.4, -0.2) is 29.7 Å². The average molecular weight is 312 g/mol. The molecule has 0 atom stereocenters. The highest BCUT2D eigenvalue weighted by atomic mass is 16.2. The molecule has 23 heavy (non-hydrogen) atoms. The Morgan fingerprint density at radius 1 is 1.00 bits per heavy atom. The number of anilines is 2. The lowest BCUT2D eigenvalue weighted by molar-refractivity contribution is -0.114. The molecular weight excluding hydrogens is 288 g/mol. The first-order valence-corrected chi connectivity index (χ1v) is 7.67. The summed E-state index contributed by atoms with van der Waals surface area (Å²) in [6.07, 6.45) is 0. The van der Waals surface area contributed by atoms with Gasteiger partial charge in [-0.2, -0.15) is 5.10 Å². The first-order chi connectivity index (χ1) is 10.8. The minimum atomic E-state index is -0.0671. The summed E-state index contributed by atoms with van der Waals surface area (Å²) in [5.41, 5.74) is 6.19. The second-order valence-electron chi connectivity index (χ2n) is 6.15. The molecule has 0 spiro atoms. The standard InChI is InChI=1S/C18H24N4O/c1-11-7-13(3)18(14(4)8-11)19-17(23)10-22(6)16-9-12(2)15(5)20-21-16/h7-9H,10H2,1-6H3,(H,19,23). The lowest BCUT2D eigenvalue weighted by atomic mass is 10.1. The number of carbonyl (C=O) groups excluding carboxylic acids is 1. The zero-order chi connectivity index (χ0) is 17.1. The smallest absolute Gasteiger partial charge is 0.243 e. The zero-order valence-electron chi connectivity index (χ0n) is 14.7. The quantitative estimate of drug-likeness (QED) is 0.942. The van der Waals surface area contributed by atoms with Gasteiger partial charge in [-0.3, -0.25) is 4.79 Å². The molecule has 1 amide bonds. The second-order valence-corrected chi connectivity index (χ2v) is 6.15. The Hall–Kier alpha value is -2.43. The van der Waals surface area contributed by atoms with E-state index in [1.54, 1.807) is 4.90 Å². The van der Waals surface area contributed by atoms with Crippen LogP contribution in [0.1, 0.15) is 27.9 Å². The van der Waals surface area contributed by atoms with Crippen molar-refractivity contribution in [2.24, 2.45) is 0 Å². The predicted molar refractivity (Wildman–Crippen MR) is 94.1 cm³/mol. The molecule has 1 heterocycles. The fourth-order valence-corrected chi connectivity index (χ4v) is 2.57. The van der Waals surface area contributed by atoms with Crippen molar-refractivity contribution in [1.29, 1.82) is 0 Å². The number of likely N-dealkylation sites (N-methyl/N-ethyl adjacent to an activating group) is 1. The number of aromatic nitrogens is 2. The molecule has 0 aliphatic rings. The Morgan fingerprint density at radius 2 is 1.61 bits per heavy atom. The number of nitrogens with zero attached hydrogens (tertiary/aromatic N) is 3. The van der Waals surface area contributed by atoms with E-state index in [4.69, 9.17) is 0 Å². The largest absolute Gasteiger partial charge is 0.349 e. The van der Waals surface area contributed by atoms with Crippen molar-refractivity contribution in [2.75, 3.05) is 23.8 Å². The minimum absolute atomic E-state index is 0.0671. The van der Waals surface area contributed by atoms with Gasteiger partial charge in [0.05, 0.1) is 12.2 Å². The van der Waals surface area contributed by atoms with Crippen LogP contribution in [0.3, 0.4) is 0 Å². The van der Waals surface area contributed by atoms with Gasteiger partial charge in [-0.15, -0.1) is 5.10 Å². The van der Waals surface area contributed by atoms with Crippen LogP contribution in [0.4, 0.5) is 11.5 Å². The molecule has 0 saturated carbocycles. The first kappa shape index (κ1) is 16.9. The Balaban J connectivity index is 2.09. The van der Waals surface area contributed by atoms with E-state index in [1.807, 2.05) is 40.8 Å². The van der Waals surface area contributed by atoms with Gasteiger partial charge in [-0.05, 0) is 57.4 Å². The summed E-state index contributed by atoms with van der Waals surface area (Å²) in [6.45, 7) is 10.2. The van der Waals surface area contributed by atoms with Gasteiger partial charge in [0.2, 0.25) is 5.91 Å².